The van der Waals surface area contributed by atoms with Gasteiger partial charge in [-0.25, -0.2) is 0 Å². The van der Waals surface area contributed by atoms with Crippen LogP contribution in [0.3, 0.4) is 0 Å². The lowest BCUT2D eigenvalue weighted by molar-refractivity contribution is -0.386. The van der Waals surface area contributed by atoms with Gasteiger partial charge in [-0.2, -0.15) is 5.10 Å². The second-order valence-corrected chi connectivity index (χ2v) is 5.30. The van der Waals surface area contributed by atoms with Crippen LogP contribution < -0.4 is 5.32 Å². The molecule has 1 heterocycles. The van der Waals surface area contributed by atoms with Gasteiger partial charge < -0.3 is 10.4 Å². The number of carboxylic acids is 1. The zero-order valence-corrected chi connectivity index (χ0v) is 11.8. The third kappa shape index (κ3) is 2.86. The summed E-state index contributed by atoms with van der Waals surface area (Å²) in [5, 5.41) is 26.4. The average Bonchev–Trinajstić information content (AvgIpc) is 3.11. The highest BCUT2D eigenvalue weighted by atomic mass is 16.6. The van der Waals surface area contributed by atoms with Gasteiger partial charge in [0, 0.05) is 6.54 Å². The van der Waals surface area contributed by atoms with Gasteiger partial charge in [-0.1, -0.05) is 0 Å². The summed E-state index contributed by atoms with van der Waals surface area (Å²) in [6, 6.07) is 0. The Hall–Kier alpha value is -2.45. The summed E-state index contributed by atoms with van der Waals surface area (Å²) in [6.07, 6.45) is 1.10. The fourth-order valence-corrected chi connectivity index (χ4v) is 2.18. The summed E-state index contributed by atoms with van der Waals surface area (Å²) in [7, 11) is 0. The lowest BCUT2D eigenvalue weighted by atomic mass is 10.1. The smallest absolute Gasteiger partial charge is 0.312 e. The number of aliphatic carboxylic acids is 1. The van der Waals surface area contributed by atoms with Crippen molar-refractivity contribution >= 4 is 17.6 Å². The number of aryl methyl sites for hydroxylation is 1. The number of aromatic nitrogens is 2. The highest BCUT2D eigenvalue weighted by molar-refractivity contribution is 5.80. The number of nitrogens with one attached hydrogen (secondary N) is 1. The van der Waals surface area contributed by atoms with Gasteiger partial charge in [0.2, 0.25) is 5.91 Å². The standard InChI is InChI=1S/C12H16N4O5/c1-7-10(16(20)21)8(2)15(14-7)5-9(17)13-6-12(3-4-12)11(18)19/h3-6H2,1-2H3,(H,13,17)(H,18,19). The molecule has 9 nitrogen and oxygen atoms in total. The number of hydrogen-bond donors (Lipinski definition) is 2. The van der Waals surface area contributed by atoms with Crippen LogP contribution in [0.2, 0.25) is 0 Å². The van der Waals surface area contributed by atoms with Gasteiger partial charge in [0.1, 0.15) is 17.9 Å². The Morgan fingerprint density at radius 1 is 1.48 bits per heavy atom. The quantitative estimate of drug-likeness (QED) is 0.577. The molecule has 0 spiro atoms. The first-order chi connectivity index (χ1) is 9.77. The van der Waals surface area contributed by atoms with Crippen LogP contribution in [0.15, 0.2) is 0 Å². The van der Waals surface area contributed by atoms with Crippen molar-refractivity contribution in [3.05, 3.63) is 21.5 Å². The Morgan fingerprint density at radius 3 is 2.52 bits per heavy atom. The fraction of sp³-hybridized carbons (Fsp3) is 0.583. The van der Waals surface area contributed by atoms with E-state index in [1.807, 2.05) is 0 Å². The third-order valence-corrected chi connectivity index (χ3v) is 3.75. The van der Waals surface area contributed by atoms with Gasteiger partial charge in [-0.15, -0.1) is 0 Å². The van der Waals surface area contributed by atoms with E-state index in [1.54, 1.807) is 0 Å². The van der Waals surface area contributed by atoms with Gasteiger partial charge in [0.05, 0.1) is 10.3 Å². The second-order valence-electron chi connectivity index (χ2n) is 5.30. The number of carbonyl (C=O) groups excluding carboxylic acids is 1. The number of rotatable bonds is 6. The van der Waals surface area contributed by atoms with E-state index in [9.17, 15) is 19.7 Å². The number of carboxylic acid groups (broad SMARTS) is 1. The first-order valence-electron chi connectivity index (χ1n) is 6.45. The average molecular weight is 296 g/mol. The van der Waals surface area contributed by atoms with Gasteiger partial charge >= 0.3 is 11.7 Å². The monoisotopic (exact) mass is 296 g/mol. The van der Waals surface area contributed by atoms with Crippen molar-refractivity contribution in [1.29, 1.82) is 0 Å². The molecule has 0 saturated heterocycles. The number of nitrogens with zero attached hydrogens (tertiary/aromatic N) is 3. The maximum atomic E-state index is 11.8. The summed E-state index contributed by atoms with van der Waals surface area (Å²) in [5.41, 5.74) is -0.398. The molecule has 114 valence electrons. The van der Waals surface area contributed by atoms with Crippen LogP contribution >= 0.6 is 0 Å². The van der Waals surface area contributed by atoms with Crippen molar-refractivity contribution in [2.24, 2.45) is 5.41 Å². The molecular formula is C12H16N4O5. The molecule has 9 heteroatoms. The van der Waals surface area contributed by atoms with Crippen LogP contribution in [0.1, 0.15) is 24.2 Å². The lowest BCUT2D eigenvalue weighted by Crippen LogP contribution is -2.36. The van der Waals surface area contributed by atoms with Crippen LogP contribution in [0.4, 0.5) is 5.69 Å². The van der Waals surface area contributed by atoms with Crippen molar-refractivity contribution in [3.63, 3.8) is 0 Å². The number of nitro groups is 1. The number of hydrogen-bond acceptors (Lipinski definition) is 5. The molecule has 2 rings (SSSR count). The molecule has 21 heavy (non-hydrogen) atoms. The van der Waals surface area contributed by atoms with E-state index in [0.717, 1.165) is 0 Å². The lowest BCUT2D eigenvalue weighted by Gasteiger charge is -2.11. The van der Waals surface area contributed by atoms with Crippen molar-refractivity contribution in [2.45, 2.75) is 33.2 Å². The first-order valence-corrected chi connectivity index (χ1v) is 6.45. The minimum atomic E-state index is -0.912. The van der Waals surface area contributed by atoms with Crippen LogP contribution in [0.25, 0.3) is 0 Å². The van der Waals surface area contributed by atoms with Crippen LogP contribution in [0.5, 0.6) is 0 Å². The summed E-state index contributed by atoms with van der Waals surface area (Å²) >= 11 is 0. The largest absolute Gasteiger partial charge is 0.481 e. The highest BCUT2D eigenvalue weighted by Gasteiger charge is 2.50. The number of carbonyl (C=O) groups is 2. The normalized spacial score (nSPS) is 15.5. The molecular weight excluding hydrogens is 280 g/mol. The molecule has 1 aliphatic rings. The van der Waals surface area contributed by atoms with Crippen molar-refractivity contribution in [1.82, 2.24) is 15.1 Å². The molecule has 0 aromatic carbocycles. The highest BCUT2D eigenvalue weighted by Crippen LogP contribution is 2.45. The third-order valence-electron chi connectivity index (χ3n) is 3.75. The molecule has 1 saturated carbocycles. The van der Waals surface area contributed by atoms with Gasteiger partial charge in [0.15, 0.2) is 0 Å². The second kappa shape index (κ2) is 5.15. The molecule has 2 N–H and O–H groups in total. The van der Waals surface area contributed by atoms with E-state index < -0.39 is 22.2 Å². The molecule has 1 aliphatic carbocycles. The van der Waals surface area contributed by atoms with E-state index in [1.165, 1.54) is 18.5 Å². The Bertz CT molecular complexity index is 617. The first kappa shape index (κ1) is 14.9. The summed E-state index contributed by atoms with van der Waals surface area (Å²) in [4.78, 5) is 33.1. The summed E-state index contributed by atoms with van der Waals surface area (Å²) in [6.45, 7) is 2.92. The molecule has 1 aromatic heterocycles. The zero-order valence-electron chi connectivity index (χ0n) is 11.8. The molecule has 0 unspecified atom stereocenters. The van der Waals surface area contributed by atoms with Gasteiger partial charge in [-0.3, -0.25) is 24.4 Å². The summed E-state index contributed by atoms with van der Waals surface area (Å²) < 4.78 is 1.25. The molecule has 1 amide bonds. The maximum absolute atomic E-state index is 11.8. The fourth-order valence-electron chi connectivity index (χ4n) is 2.18. The van der Waals surface area contributed by atoms with E-state index in [0.29, 0.717) is 18.5 Å². The van der Waals surface area contributed by atoms with E-state index in [-0.39, 0.29) is 24.5 Å². The van der Waals surface area contributed by atoms with E-state index in [2.05, 4.69) is 10.4 Å². The van der Waals surface area contributed by atoms with Crippen LogP contribution in [-0.4, -0.2) is 38.2 Å². The minimum Gasteiger partial charge on any atom is -0.481 e. The van der Waals surface area contributed by atoms with E-state index >= 15 is 0 Å². The molecule has 0 radical (unpaired) electrons. The van der Waals surface area contributed by atoms with Gasteiger partial charge in [0.25, 0.3) is 0 Å². The van der Waals surface area contributed by atoms with E-state index in [4.69, 9.17) is 5.11 Å². The Morgan fingerprint density at radius 2 is 2.10 bits per heavy atom. The summed E-state index contributed by atoms with van der Waals surface area (Å²) in [5.74, 6) is -1.33. The predicted molar refractivity (Wildman–Crippen MR) is 70.7 cm³/mol. The molecule has 1 fully saturated rings. The van der Waals surface area contributed by atoms with Crippen LogP contribution in [-0.2, 0) is 16.1 Å². The minimum absolute atomic E-state index is 0.0720. The topological polar surface area (TPSA) is 127 Å². The maximum Gasteiger partial charge on any atom is 0.312 e. The number of amides is 1. The Kier molecular flexibility index (Phi) is 3.67. The van der Waals surface area contributed by atoms with Crippen molar-refractivity contribution < 1.29 is 19.6 Å². The van der Waals surface area contributed by atoms with Gasteiger partial charge in [-0.05, 0) is 26.7 Å². The van der Waals surface area contributed by atoms with Crippen molar-refractivity contribution in [2.75, 3.05) is 6.54 Å². The molecule has 0 bridgehead atoms. The molecule has 1 aromatic rings. The van der Waals surface area contributed by atoms with Crippen molar-refractivity contribution in [3.8, 4) is 0 Å². The Balaban J connectivity index is 1.99. The zero-order chi connectivity index (χ0) is 15.8. The molecule has 0 atom stereocenters. The SMILES string of the molecule is Cc1nn(CC(=O)NCC2(C(=O)O)CC2)c(C)c1[N+](=O)[O-]. The van der Waals surface area contributed by atoms with Crippen LogP contribution in [0, 0.1) is 29.4 Å². The predicted octanol–water partition coefficient (Wildman–Crippen LogP) is 0.389. The molecule has 0 aliphatic heterocycles. The Labute approximate surface area is 120 Å².